The fourth-order valence-electron chi connectivity index (χ4n) is 2.37. The van der Waals surface area contributed by atoms with Gasteiger partial charge in [0.25, 0.3) is 0 Å². The summed E-state index contributed by atoms with van der Waals surface area (Å²) in [5, 5.41) is 0. The zero-order valence-corrected chi connectivity index (χ0v) is 16.0. The summed E-state index contributed by atoms with van der Waals surface area (Å²) in [7, 11) is 0. The summed E-state index contributed by atoms with van der Waals surface area (Å²) >= 11 is 0. The van der Waals surface area contributed by atoms with Crippen molar-refractivity contribution in [2.45, 2.75) is 66.0 Å². The van der Waals surface area contributed by atoms with Crippen LogP contribution in [0.15, 0.2) is 37.4 Å². The normalized spacial score (nSPS) is 11.2. The van der Waals surface area contributed by atoms with Crippen LogP contribution in [0.5, 0.6) is 0 Å². The van der Waals surface area contributed by atoms with E-state index in [0.717, 1.165) is 6.42 Å². The van der Waals surface area contributed by atoms with Crippen LogP contribution < -0.4 is 5.73 Å². The minimum Gasteiger partial charge on any atom is -0.466 e. The maximum absolute atomic E-state index is 11.3. The van der Waals surface area contributed by atoms with Crippen LogP contribution in [0.25, 0.3) is 0 Å². The van der Waals surface area contributed by atoms with Gasteiger partial charge in [-0.25, -0.2) is 9.97 Å². The van der Waals surface area contributed by atoms with E-state index in [-0.39, 0.29) is 24.5 Å². The molecule has 0 atom stereocenters. The summed E-state index contributed by atoms with van der Waals surface area (Å²) in [6, 6.07) is 0. The molecule has 0 saturated carbocycles. The Kier molecular flexibility index (Phi) is 9.86. The number of rotatable bonds is 7. The molecule has 7 nitrogen and oxygen atoms in total. The molecule has 0 bridgehead atoms. The fourth-order valence-corrected chi connectivity index (χ4v) is 2.37. The first-order valence-electron chi connectivity index (χ1n) is 8.55. The van der Waals surface area contributed by atoms with Crippen molar-refractivity contribution in [2.24, 2.45) is 5.73 Å². The Hall–Kier alpha value is -2.15. The number of hydrogen-bond acceptors (Lipinski definition) is 5. The lowest BCUT2D eigenvalue weighted by atomic mass is 10.0. The Morgan fingerprint density at radius 1 is 1.04 bits per heavy atom. The van der Waals surface area contributed by atoms with E-state index in [1.54, 1.807) is 18.7 Å². The highest BCUT2D eigenvalue weighted by Crippen LogP contribution is 2.19. The van der Waals surface area contributed by atoms with Crippen LogP contribution in [-0.4, -0.2) is 38.2 Å². The van der Waals surface area contributed by atoms with Gasteiger partial charge in [-0.3, -0.25) is 4.79 Å². The van der Waals surface area contributed by atoms with Crippen molar-refractivity contribution in [2.75, 3.05) is 13.2 Å². The summed E-state index contributed by atoms with van der Waals surface area (Å²) in [4.78, 5) is 19.2. The Balaban J connectivity index is 0.000000475. The predicted molar refractivity (Wildman–Crippen MR) is 105 cm³/mol. The van der Waals surface area contributed by atoms with Gasteiger partial charge in [0.05, 0.1) is 31.2 Å². The molecular weight excluding hydrogens is 330 g/mol. The van der Waals surface area contributed by atoms with E-state index in [9.17, 15) is 4.79 Å². The SMILES string of the molecule is C.CC(C)(CCN)n1ccnc1.CCOC(=O)CC(C)(C)n1ccnc1. The van der Waals surface area contributed by atoms with Gasteiger partial charge < -0.3 is 19.6 Å². The Labute approximate surface area is 157 Å². The van der Waals surface area contributed by atoms with Gasteiger partial charge in [-0.1, -0.05) is 7.43 Å². The molecule has 0 aromatic carbocycles. The second kappa shape index (κ2) is 10.8. The lowest BCUT2D eigenvalue weighted by molar-refractivity contribution is -0.145. The third kappa shape index (κ3) is 7.39. The van der Waals surface area contributed by atoms with Gasteiger partial charge in [0, 0.05) is 30.3 Å². The standard InChI is InChI=1S/C10H16N2O2.C8H15N3.CH4/c1-4-14-9(13)7-10(2,3)12-6-5-11-8-12;1-8(2,3-4-9)11-6-5-10-7-11;/h5-6,8H,4,7H2,1-3H3;5-7H,3-4,9H2,1-2H3;1H4. The van der Waals surface area contributed by atoms with Crippen molar-refractivity contribution in [3.05, 3.63) is 37.4 Å². The van der Waals surface area contributed by atoms with Crippen molar-refractivity contribution < 1.29 is 9.53 Å². The Morgan fingerprint density at radius 3 is 1.92 bits per heavy atom. The number of carbonyl (C=O) groups excluding carboxylic acids is 1. The molecule has 7 heteroatoms. The van der Waals surface area contributed by atoms with Gasteiger partial charge in [0.2, 0.25) is 0 Å². The number of nitrogens with two attached hydrogens (primary N) is 1. The summed E-state index contributed by atoms with van der Waals surface area (Å²) < 4.78 is 8.89. The first-order valence-corrected chi connectivity index (χ1v) is 8.55. The molecule has 0 amide bonds. The van der Waals surface area contributed by atoms with E-state index in [4.69, 9.17) is 10.5 Å². The van der Waals surface area contributed by atoms with E-state index < -0.39 is 0 Å². The van der Waals surface area contributed by atoms with Crippen molar-refractivity contribution in [1.82, 2.24) is 19.1 Å². The van der Waals surface area contributed by atoms with E-state index >= 15 is 0 Å². The molecule has 0 aliphatic heterocycles. The van der Waals surface area contributed by atoms with Gasteiger partial charge in [-0.2, -0.15) is 0 Å². The highest BCUT2D eigenvalue weighted by atomic mass is 16.5. The van der Waals surface area contributed by atoms with Crippen molar-refractivity contribution in [3.63, 3.8) is 0 Å². The number of esters is 1. The average molecular weight is 366 g/mol. The third-order valence-corrected chi connectivity index (χ3v) is 4.05. The third-order valence-electron chi connectivity index (χ3n) is 4.05. The molecule has 0 saturated heterocycles. The molecule has 2 aromatic rings. The van der Waals surface area contributed by atoms with E-state index in [1.807, 2.05) is 44.1 Å². The van der Waals surface area contributed by atoms with Gasteiger partial charge in [-0.05, 0) is 47.6 Å². The van der Waals surface area contributed by atoms with Gasteiger partial charge in [0.1, 0.15) is 0 Å². The maximum Gasteiger partial charge on any atom is 0.308 e. The smallest absolute Gasteiger partial charge is 0.308 e. The molecule has 2 heterocycles. The Morgan fingerprint density at radius 2 is 1.54 bits per heavy atom. The van der Waals surface area contributed by atoms with Crippen LogP contribution >= 0.6 is 0 Å². The molecule has 0 radical (unpaired) electrons. The lowest BCUT2D eigenvalue weighted by Crippen LogP contribution is -2.29. The second-order valence-corrected chi connectivity index (χ2v) is 7.09. The molecule has 0 fully saturated rings. The monoisotopic (exact) mass is 365 g/mol. The largest absolute Gasteiger partial charge is 0.466 e. The van der Waals surface area contributed by atoms with Crippen LogP contribution in [0.3, 0.4) is 0 Å². The minimum absolute atomic E-state index is 0. The van der Waals surface area contributed by atoms with Gasteiger partial charge in [0.15, 0.2) is 0 Å². The Bertz CT molecular complexity index is 604. The molecule has 26 heavy (non-hydrogen) atoms. The molecule has 2 N–H and O–H groups in total. The molecule has 0 aliphatic rings. The van der Waals surface area contributed by atoms with Gasteiger partial charge >= 0.3 is 5.97 Å². The predicted octanol–water partition coefficient (Wildman–Crippen LogP) is 3.17. The number of hydrogen-bond donors (Lipinski definition) is 1. The quantitative estimate of drug-likeness (QED) is 0.761. The van der Waals surface area contributed by atoms with Crippen LogP contribution in [0, 0.1) is 0 Å². The van der Waals surface area contributed by atoms with E-state index in [1.165, 1.54) is 0 Å². The summed E-state index contributed by atoms with van der Waals surface area (Å²) in [6.45, 7) is 11.2. The summed E-state index contributed by atoms with van der Waals surface area (Å²) in [5.41, 5.74) is 5.31. The molecule has 0 unspecified atom stereocenters. The number of imidazole rings is 2. The average Bonchev–Trinajstić information content (AvgIpc) is 3.22. The number of nitrogens with zero attached hydrogens (tertiary/aromatic N) is 4. The van der Waals surface area contributed by atoms with Crippen molar-refractivity contribution in [1.29, 1.82) is 0 Å². The molecule has 2 aromatic heterocycles. The van der Waals surface area contributed by atoms with Gasteiger partial charge in [-0.15, -0.1) is 0 Å². The second-order valence-electron chi connectivity index (χ2n) is 7.09. The van der Waals surface area contributed by atoms with Crippen LogP contribution in [0.4, 0.5) is 0 Å². The van der Waals surface area contributed by atoms with Crippen LogP contribution in [0.2, 0.25) is 0 Å². The summed E-state index contributed by atoms with van der Waals surface area (Å²) in [5.74, 6) is -0.175. The van der Waals surface area contributed by atoms with E-state index in [0.29, 0.717) is 19.6 Å². The molecule has 0 spiro atoms. The minimum atomic E-state index is -0.275. The van der Waals surface area contributed by atoms with Crippen molar-refractivity contribution in [3.8, 4) is 0 Å². The molecule has 0 aliphatic carbocycles. The summed E-state index contributed by atoms with van der Waals surface area (Å²) in [6.07, 6.45) is 12.2. The lowest BCUT2D eigenvalue weighted by Gasteiger charge is -2.25. The topological polar surface area (TPSA) is 88.0 Å². The molecule has 148 valence electrons. The number of ether oxygens (including phenoxy) is 1. The van der Waals surface area contributed by atoms with Crippen LogP contribution in [0.1, 0.15) is 54.9 Å². The highest BCUT2D eigenvalue weighted by Gasteiger charge is 2.24. The molecule has 2 rings (SSSR count). The highest BCUT2D eigenvalue weighted by molar-refractivity contribution is 5.70. The van der Waals surface area contributed by atoms with E-state index in [2.05, 4.69) is 28.4 Å². The first kappa shape index (κ1) is 23.9. The number of aromatic nitrogens is 4. The number of carbonyl (C=O) groups is 1. The fraction of sp³-hybridized carbons (Fsp3) is 0.632. The van der Waals surface area contributed by atoms with Crippen molar-refractivity contribution >= 4 is 5.97 Å². The zero-order chi connectivity index (χ0) is 18.9. The maximum atomic E-state index is 11.3. The van der Waals surface area contributed by atoms with Crippen LogP contribution in [-0.2, 0) is 20.6 Å². The molecular formula is C19H35N5O2. The zero-order valence-electron chi connectivity index (χ0n) is 16.0. The first-order chi connectivity index (χ1) is 11.7.